The van der Waals surface area contributed by atoms with Crippen LogP contribution < -0.4 is 5.32 Å². The molecule has 0 fully saturated rings. The average Bonchev–Trinajstić information content (AvgIpc) is 2.45. The Bertz CT molecular complexity index is 594. The zero-order valence-corrected chi connectivity index (χ0v) is 15.1. The maximum absolute atomic E-state index is 11.9. The Balaban J connectivity index is 2.37. The highest BCUT2D eigenvalue weighted by Gasteiger charge is 2.18. The van der Waals surface area contributed by atoms with E-state index in [0.29, 0.717) is 5.02 Å². The zero-order chi connectivity index (χ0) is 18.3. The van der Waals surface area contributed by atoms with Crippen LogP contribution in [0, 0.1) is 0 Å². The molecule has 0 aromatic heterocycles. The van der Waals surface area contributed by atoms with E-state index in [9.17, 15) is 14.4 Å². The van der Waals surface area contributed by atoms with Crippen LogP contribution in [0.2, 0.25) is 5.02 Å². The first kappa shape index (κ1) is 20.0. The second-order valence-corrected chi connectivity index (χ2v) is 6.95. The predicted molar refractivity (Wildman–Crippen MR) is 91.6 cm³/mol. The fourth-order valence-electron chi connectivity index (χ4n) is 1.83. The number of rotatable bonds is 6. The van der Waals surface area contributed by atoms with E-state index in [4.69, 9.17) is 16.3 Å². The normalized spacial score (nSPS) is 10.9. The van der Waals surface area contributed by atoms with E-state index in [1.54, 1.807) is 24.3 Å². The third-order valence-corrected chi connectivity index (χ3v) is 3.19. The van der Waals surface area contributed by atoms with Crippen LogP contribution in [0.4, 0.5) is 0 Å². The van der Waals surface area contributed by atoms with Gasteiger partial charge in [0.2, 0.25) is 5.91 Å². The zero-order valence-electron chi connectivity index (χ0n) is 14.4. The Morgan fingerprint density at radius 3 is 2.29 bits per heavy atom. The largest absolute Gasteiger partial charge is 0.455 e. The van der Waals surface area contributed by atoms with Gasteiger partial charge in [-0.2, -0.15) is 0 Å². The van der Waals surface area contributed by atoms with Gasteiger partial charge in [0, 0.05) is 17.6 Å². The lowest BCUT2D eigenvalue weighted by Crippen LogP contribution is -2.46. The van der Waals surface area contributed by atoms with Gasteiger partial charge in [0.15, 0.2) is 6.61 Å². The van der Waals surface area contributed by atoms with Crippen molar-refractivity contribution in [3.63, 3.8) is 0 Å². The van der Waals surface area contributed by atoms with Gasteiger partial charge in [0.25, 0.3) is 5.91 Å². The van der Waals surface area contributed by atoms with Gasteiger partial charge < -0.3 is 15.0 Å². The van der Waals surface area contributed by atoms with Crippen LogP contribution in [0.15, 0.2) is 24.3 Å². The molecule has 0 saturated heterocycles. The highest BCUT2D eigenvalue weighted by atomic mass is 35.5. The number of amides is 2. The second kappa shape index (κ2) is 8.68. The highest BCUT2D eigenvalue weighted by Crippen LogP contribution is 2.10. The average molecular weight is 355 g/mol. The lowest BCUT2D eigenvalue weighted by molar-refractivity contribution is -0.151. The molecule has 7 heteroatoms. The third-order valence-electron chi connectivity index (χ3n) is 2.94. The van der Waals surface area contributed by atoms with Crippen molar-refractivity contribution in [3.8, 4) is 0 Å². The summed E-state index contributed by atoms with van der Waals surface area (Å²) in [6.45, 7) is 5.07. The molecule has 0 radical (unpaired) electrons. The van der Waals surface area contributed by atoms with E-state index in [2.05, 4.69) is 5.32 Å². The minimum Gasteiger partial charge on any atom is -0.455 e. The molecule has 2 amide bonds. The summed E-state index contributed by atoms with van der Waals surface area (Å²) in [6, 6.07) is 6.79. The Morgan fingerprint density at radius 1 is 1.17 bits per heavy atom. The van der Waals surface area contributed by atoms with Gasteiger partial charge in [-0.25, -0.2) is 0 Å². The summed E-state index contributed by atoms with van der Waals surface area (Å²) in [7, 11) is 1.48. The maximum atomic E-state index is 11.9. The minimum atomic E-state index is -0.516. The number of benzene rings is 1. The van der Waals surface area contributed by atoms with Gasteiger partial charge >= 0.3 is 5.97 Å². The Morgan fingerprint density at radius 2 is 1.75 bits per heavy atom. The smallest absolute Gasteiger partial charge is 0.310 e. The number of carbonyl (C=O) groups excluding carboxylic acids is 3. The van der Waals surface area contributed by atoms with Crippen molar-refractivity contribution in [3.05, 3.63) is 34.9 Å². The number of halogens is 1. The van der Waals surface area contributed by atoms with Crippen LogP contribution in [0.1, 0.15) is 26.3 Å². The van der Waals surface area contributed by atoms with Gasteiger partial charge in [-0.05, 0) is 38.5 Å². The summed E-state index contributed by atoms with van der Waals surface area (Å²) in [6.07, 6.45) is 0.0542. The number of likely N-dealkylation sites (N-methyl/N-ethyl adjacent to an activating group) is 1. The molecule has 24 heavy (non-hydrogen) atoms. The van der Waals surface area contributed by atoms with Crippen molar-refractivity contribution in [1.29, 1.82) is 0 Å². The molecule has 132 valence electrons. The van der Waals surface area contributed by atoms with Crippen molar-refractivity contribution in [1.82, 2.24) is 10.2 Å². The van der Waals surface area contributed by atoms with E-state index in [1.807, 2.05) is 20.8 Å². The summed E-state index contributed by atoms with van der Waals surface area (Å²) in [5.74, 6) is -1.23. The molecule has 0 aliphatic heterocycles. The maximum Gasteiger partial charge on any atom is 0.310 e. The number of hydrogen-bond acceptors (Lipinski definition) is 4. The quantitative estimate of drug-likeness (QED) is 0.790. The van der Waals surface area contributed by atoms with Crippen molar-refractivity contribution >= 4 is 29.4 Å². The van der Waals surface area contributed by atoms with Crippen molar-refractivity contribution < 1.29 is 19.1 Å². The molecule has 0 heterocycles. The van der Waals surface area contributed by atoms with Crippen molar-refractivity contribution in [2.24, 2.45) is 0 Å². The summed E-state index contributed by atoms with van der Waals surface area (Å²) in [5, 5.41) is 3.34. The van der Waals surface area contributed by atoms with E-state index in [-0.39, 0.29) is 24.4 Å². The number of hydrogen-bond donors (Lipinski definition) is 1. The third kappa shape index (κ3) is 7.97. The molecule has 1 rings (SSSR count). The first-order chi connectivity index (χ1) is 11.1. The molecular formula is C17H23ClN2O4. The molecule has 0 bridgehead atoms. The minimum absolute atomic E-state index is 0.0542. The van der Waals surface area contributed by atoms with Crippen molar-refractivity contribution in [2.45, 2.75) is 32.7 Å². The lowest BCUT2D eigenvalue weighted by Gasteiger charge is -2.23. The molecule has 0 spiro atoms. The summed E-state index contributed by atoms with van der Waals surface area (Å²) >= 11 is 5.77. The van der Waals surface area contributed by atoms with Crippen LogP contribution >= 0.6 is 11.6 Å². The molecule has 0 unspecified atom stereocenters. The number of ether oxygens (including phenoxy) is 1. The van der Waals surface area contributed by atoms with Crippen LogP contribution in [0.25, 0.3) is 0 Å². The molecule has 0 aliphatic rings. The predicted octanol–water partition coefficient (Wildman–Crippen LogP) is 1.80. The van der Waals surface area contributed by atoms with E-state index >= 15 is 0 Å². The molecule has 0 saturated carbocycles. The SMILES string of the molecule is CN(CC(=O)NC(C)(C)C)C(=O)COC(=O)Cc1ccc(Cl)cc1. The topological polar surface area (TPSA) is 75.7 Å². The van der Waals surface area contributed by atoms with Gasteiger partial charge in [-0.15, -0.1) is 0 Å². The van der Waals surface area contributed by atoms with Gasteiger partial charge in [0.1, 0.15) is 0 Å². The molecule has 6 nitrogen and oxygen atoms in total. The lowest BCUT2D eigenvalue weighted by atomic mass is 10.1. The fourth-order valence-corrected chi connectivity index (χ4v) is 1.96. The Labute approximate surface area is 147 Å². The highest BCUT2D eigenvalue weighted by molar-refractivity contribution is 6.30. The van der Waals surface area contributed by atoms with Gasteiger partial charge in [0.05, 0.1) is 13.0 Å². The molecule has 0 atom stereocenters. The number of carbonyl (C=O) groups is 3. The van der Waals surface area contributed by atoms with Gasteiger partial charge in [-0.3, -0.25) is 14.4 Å². The van der Waals surface area contributed by atoms with Gasteiger partial charge in [-0.1, -0.05) is 23.7 Å². The summed E-state index contributed by atoms with van der Waals surface area (Å²) in [4.78, 5) is 36.6. The first-order valence-electron chi connectivity index (χ1n) is 7.52. The van der Waals surface area contributed by atoms with Crippen LogP contribution in [0.5, 0.6) is 0 Å². The molecule has 1 N–H and O–H groups in total. The Hall–Kier alpha value is -2.08. The fraction of sp³-hybridized carbons (Fsp3) is 0.471. The number of esters is 1. The second-order valence-electron chi connectivity index (χ2n) is 6.51. The van der Waals surface area contributed by atoms with Crippen molar-refractivity contribution in [2.75, 3.05) is 20.2 Å². The number of nitrogens with one attached hydrogen (secondary N) is 1. The monoisotopic (exact) mass is 354 g/mol. The summed E-state index contributed by atoms with van der Waals surface area (Å²) < 4.78 is 4.95. The summed E-state index contributed by atoms with van der Waals surface area (Å²) in [5.41, 5.74) is 0.376. The van der Waals surface area contributed by atoms with Crippen LogP contribution in [-0.2, 0) is 25.5 Å². The first-order valence-corrected chi connectivity index (χ1v) is 7.89. The van der Waals surface area contributed by atoms with E-state index in [1.165, 1.54) is 11.9 Å². The molecule has 0 aliphatic carbocycles. The Kier molecular flexibility index (Phi) is 7.22. The van der Waals surface area contributed by atoms with E-state index in [0.717, 1.165) is 5.56 Å². The molecular weight excluding hydrogens is 332 g/mol. The molecule has 1 aromatic rings. The van der Waals surface area contributed by atoms with E-state index < -0.39 is 18.5 Å². The standard InChI is InChI=1S/C17H23ClN2O4/c1-17(2,3)19-14(21)10-20(4)15(22)11-24-16(23)9-12-5-7-13(18)8-6-12/h5-8H,9-11H2,1-4H3,(H,19,21). The van der Waals surface area contributed by atoms with Crippen LogP contribution in [-0.4, -0.2) is 48.4 Å². The van der Waals surface area contributed by atoms with Crippen LogP contribution in [0.3, 0.4) is 0 Å². The number of nitrogens with zero attached hydrogens (tertiary/aromatic N) is 1. The molecule has 1 aromatic carbocycles.